The highest BCUT2D eigenvalue weighted by Crippen LogP contribution is 2.30. The van der Waals surface area contributed by atoms with Gasteiger partial charge in [0, 0.05) is 37.8 Å². The minimum Gasteiger partial charge on any atom is -0.377 e. The molecule has 2 saturated heterocycles. The maximum absolute atomic E-state index is 5.87. The van der Waals surface area contributed by atoms with Crippen molar-refractivity contribution in [3.05, 3.63) is 35.9 Å². The lowest BCUT2D eigenvalue weighted by Gasteiger charge is -2.48. The Morgan fingerprint density at radius 3 is 2.81 bits per heavy atom. The van der Waals surface area contributed by atoms with Gasteiger partial charge < -0.3 is 10.1 Å². The van der Waals surface area contributed by atoms with Crippen LogP contribution in [-0.2, 0) is 4.74 Å². The quantitative estimate of drug-likeness (QED) is 0.922. The molecular weight excluding hydrogens is 260 g/mol. The first-order chi connectivity index (χ1) is 10.2. The van der Waals surface area contributed by atoms with Gasteiger partial charge >= 0.3 is 0 Å². The van der Waals surface area contributed by atoms with E-state index in [4.69, 9.17) is 4.74 Å². The number of benzene rings is 1. The fourth-order valence-electron chi connectivity index (χ4n) is 3.55. The molecule has 0 spiro atoms. The van der Waals surface area contributed by atoms with E-state index in [1.165, 1.54) is 24.8 Å². The van der Waals surface area contributed by atoms with Crippen molar-refractivity contribution < 1.29 is 4.74 Å². The first-order valence-corrected chi connectivity index (χ1v) is 8.36. The van der Waals surface area contributed by atoms with Crippen LogP contribution in [0.2, 0.25) is 0 Å². The summed E-state index contributed by atoms with van der Waals surface area (Å²) in [6.45, 7) is 8.84. The van der Waals surface area contributed by atoms with Crippen LogP contribution in [0, 0.1) is 0 Å². The molecule has 0 aliphatic carbocycles. The van der Waals surface area contributed by atoms with Crippen molar-refractivity contribution in [2.75, 3.05) is 26.2 Å². The van der Waals surface area contributed by atoms with Crippen molar-refractivity contribution in [3.8, 4) is 0 Å². The highest BCUT2D eigenvalue weighted by molar-refractivity contribution is 5.20. The number of nitrogens with one attached hydrogen (secondary N) is 1. The Labute approximate surface area is 128 Å². The summed E-state index contributed by atoms with van der Waals surface area (Å²) >= 11 is 0. The summed E-state index contributed by atoms with van der Waals surface area (Å²) in [5.41, 5.74) is 1.64. The van der Waals surface area contributed by atoms with E-state index in [1.807, 2.05) is 0 Å². The third kappa shape index (κ3) is 3.31. The molecule has 1 N–H and O–H groups in total. The lowest BCUT2D eigenvalue weighted by Crippen LogP contribution is -2.61. The van der Waals surface area contributed by atoms with Crippen LogP contribution in [0.25, 0.3) is 0 Å². The molecule has 3 heteroatoms. The molecule has 21 heavy (non-hydrogen) atoms. The summed E-state index contributed by atoms with van der Waals surface area (Å²) in [5, 5.41) is 3.75. The fraction of sp³-hybridized carbons (Fsp3) is 0.667. The zero-order valence-corrected chi connectivity index (χ0v) is 13.3. The zero-order valence-electron chi connectivity index (χ0n) is 13.3. The van der Waals surface area contributed by atoms with Gasteiger partial charge in [-0.2, -0.15) is 0 Å². The van der Waals surface area contributed by atoms with Crippen LogP contribution in [0.4, 0.5) is 0 Å². The molecule has 3 nitrogen and oxygen atoms in total. The second kappa shape index (κ2) is 6.47. The van der Waals surface area contributed by atoms with E-state index in [1.54, 1.807) is 0 Å². The molecule has 3 rings (SSSR count). The molecule has 0 radical (unpaired) electrons. The van der Waals surface area contributed by atoms with E-state index >= 15 is 0 Å². The Kier molecular flexibility index (Phi) is 4.63. The van der Waals surface area contributed by atoms with Crippen LogP contribution >= 0.6 is 0 Å². The minimum atomic E-state index is 0.247. The first kappa shape index (κ1) is 15.0. The van der Waals surface area contributed by atoms with Crippen molar-refractivity contribution in [3.63, 3.8) is 0 Å². The molecule has 0 aromatic heterocycles. The van der Waals surface area contributed by atoms with Gasteiger partial charge in [0.15, 0.2) is 0 Å². The van der Waals surface area contributed by atoms with Gasteiger partial charge in [-0.05, 0) is 31.7 Å². The van der Waals surface area contributed by atoms with Gasteiger partial charge in [-0.25, -0.2) is 0 Å². The molecule has 0 bridgehead atoms. The lowest BCUT2D eigenvalue weighted by molar-refractivity contribution is -0.00230. The van der Waals surface area contributed by atoms with Crippen molar-refractivity contribution >= 4 is 0 Å². The molecule has 3 unspecified atom stereocenters. The average molecular weight is 288 g/mol. The van der Waals surface area contributed by atoms with Crippen LogP contribution in [0.5, 0.6) is 0 Å². The fourth-order valence-corrected chi connectivity index (χ4v) is 3.55. The second-order valence-electron chi connectivity index (χ2n) is 6.73. The molecule has 0 saturated carbocycles. The topological polar surface area (TPSA) is 24.5 Å². The number of hydrogen-bond acceptors (Lipinski definition) is 3. The lowest BCUT2D eigenvalue weighted by atomic mass is 9.90. The summed E-state index contributed by atoms with van der Waals surface area (Å²) in [7, 11) is 0. The van der Waals surface area contributed by atoms with Crippen LogP contribution < -0.4 is 5.32 Å². The van der Waals surface area contributed by atoms with Gasteiger partial charge in [-0.1, -0.05) is 37.3 Å². The SMILES string of the molecule is CCC1(C)CNC(c2ccccc2)CN1CC1CCCO1. The van der Waals surface area contributed by atoms with Crippen molar-refractivity contribution in [1.82, 2.24) is 10.2 Å². The van der Waals surface area contributed by atoms with Gasteiger partial charge in [0.2, 0.25) is 0 Å². The number of rotatable bonds is 4. The summed E-state index contributed by atoms with van der Waals surface area (Å²) < 4.78 is 5.87. The molecule has 1 aromatic carbocycles. The number of nitrogens with zero attached hydrogens (tertiary/aromatic N) is 1. The smallest absolute Gasteiger partial charge is 0.0703 e. The van der Waals surface area contributed by atoms with Gasteiger partial charge in [0.05, 0.1) is 6.10 Å². The molecule has 2 aliphatic heterocycles. The third-order valence-electron chi connectivity index (χ3n) is 5.31. The molecule has 2 heterocycles. The molecule has 2 aliphatic rings. The van der Waals surface area contributed by atoms with E-state index in [-0.39, 0.29) is 5.54 Å². The maximum atomic E-state index is 5.87. The van der Waals surface area contributed by atoms with Crippen LogP contribution in [0.15, 0.2) is 30.3 Å². The van der Waals surface area contributed by atoms with Crippen molar-refractivity contribution in [1.29, 1.82) is 0 Å². The van der Waals surface area contributed by atoms with Gasteiger partial charge in [-0.15, -0.1) is 0 Å². The molecule has 2 fully saturated rings. The Hall–Kier alpha value is -0.900. The summed E-state index contributed by atoms with van der Waals surface area (Å²) in [5.74, 6) is 0. The summed E-state index contributed by atoms with van der Waals surface area (Å²) in [6.07, 6.45) is 4.06. The molecule has 1 aromatic rings. The average Bonchev–Trinajstić information content (AvgIpc) is 3.03. The van der Waals surface area contributed by atoms with Crippen LogP contribution in [0.1, 0.15) is 44.7 Å². The minimum absolute atomic E-state index is 0.247. The third-order valence-corrected chi connectivity index (χ3v) is 5.31. The summed E-state index contributed by atoms with van der Waals surface area (Å²) in [6, 6.07) is 11.3. The Morgan fingerprint density at radius 2 is 2.14 bits per heavy atom. The molecule has 116 valence electrons. The van der Waals surface area contributed by atoms with E-state index < -0.39 is 0 Å². The van der Waals surface area contributed by atoms with Gasteiger partial charge in [-0.3, -0.25) is 4.90 Å². The van der Waals surface area contributed by atoms with Crippen LogP contribution in [0.3, 0.4) is 0 Å². The zero-order chi connectivity index (χ0) is 14.7. The first-order valence-electron chi connectivity index (χ1n) is 8.36. The molecule has 3 atom stereocenters. The molecule has 0 amide bonds. The standard InChI is InChI=1S/C18H28N2O/c1-3-18(2)14-19-17(15-8-5-4-6-9-15)13-20(18)12-16-10-7-11-21-16/h4-6,8-9,16-17,19H,3,7,10-14H2,1-2H3. The van der Waals surface area contributed by atoms with E-state index in [0.29, 0.717) is 12.1 Å². The van der Waals surface area contributed by atoms with E-state index in [9.17, 15) is 0 Å². The van der Waals surface area contributed by atoms with Crippen LogP contribution in [-0.4, -0.2) is 42.8 Å². The molecular formula is C18H28N2O. The number of piperazine rings is 1. The van der Waals surface area contributed by atoms with Crippen molar-refractivity contribution in [2.45, 2.75) is 50.8 Å². The highest BCUT2D eigenvalue weighted by Gasteiger charge is 2.38. The Balaban J connectivity index is 1.72. The highest BCUT2D eigenvalue weighted by atomic mass is 16.5. The van der Waals surface area contributed by atoms with E-state index in [0.717, 1.165) is 26.2 Å². The predicted octanol–water partition coefficient (Wildman–Crippen LogP) is 2.98. The van der Waals surface area contributed by atoms with Gasteiger partial charge in [0.25, 0.3) is 0 Å². The summed E-state index contributed by atoms with van der Waals surface area (Å²) in [4.78, 5) is 2.66. The Morgan fingerprint density at radius 1 is 1.33 bits per heavy atom. The Bertz CT molecular complexity index is 444. The number of ether oxygens (including phenoxy) is 1. The number of hydrogen-bond donors (Lipinski definition) is 1. The maximum Gasteiger partial charge on any atom is 0.0703 e. The normalized spacial score (nSPS) is 34.2. The monoisotopic (exact) mass is 288 g/mol. The van der Waals surface area contributed by atoms with Crippen molar-refractivity contribution in [2.24, 2.45) is 0 Å². The van der Waals surface area contributed by atoms with E-state index in [2.05, 4.69) is 54.4 Å². The second-order valence-corrected chi connectivity index (χ2v) is 6.73. The van der Waals surface area contributed by atoms with Gasteiger partial charge in [0.1, 0.15) is 0 Å². The largest absolute Gasteiger partial charge is 0.377 e. The predicted molar refractivity (Wildman–Crippen MR) is 86.4 cm³/mol.